The zero-order valence-corrected chi connectivity index (χ0v) is 15.4. The lowest BCUT2D eigenvalue weighted by atomic mass is 9.70. The van der Waals surface area contributed by atoms with E-state index in [-0.39, 0.29) is 12.2 Å². The van der Waals surface area contributed by atoms with Crippen LogP contribution in [0.2, 0.25) is 0 Å². The molecular weight excluding hydrogens is 348 g/mol. The van der Waals surface area contributed by atoms with Gasteiger partial charge < -0.3 is 10.6 Å². The number of amides is 4. The normalized spacial score (nSPS) is 19.5. The highest BCUT2D eigenvalue weighted by molar-refractivity contribution is 6.08. The van der Waals surface area contributed by atoms with Crippen molar-refractivity contribution < 1.29 is 14.4 Å². The second kappa shape index (κ2) is 6.82. The molecule has 1 atom stereocenters. The average molecular weight is 370 g/mol. The van der Waals surface area contributed by atoms with E-state index in [2.05, 4.69) is 26.1 Å². The monoisotopic (exact) mass is 370 g/mol. The number of carbonyl (C=O) groups is 3. The third-order valence-corrected chi connectivity index (χ3v) is 5.21. The Morgan fingerprint density at radius 1 is 1.26 bits per heavy atom. The second-order valence-electron chi connectivity index (χ2n) is 7.09. The van der Waals surface area contributed by atoms with Crippen molar-refractivity contribution in [2.45, 2.75) is 32.7 Å². The van der Waals surface area contributed by atoms with Crippen LogP contribution in [0.4, 0.5) is 4.79 Å². The maximum Gasteiger partial charge on any atom is 0.322 e. The molecule has 27 heavy (non-hydrogen) atoms. The predicted molar refractivity (Wildman–Crippen MR) is 97.2 cm³/mol. The smallest absolute Gasteiger partial charge is 0.322 e. The van der Waals surface area contributed by atoms with E-state index in [0.29, 0.717) is 6.42 Å². The first-order chi connectivity index (χ1) is 12.8. The summed E-state index contributed by atoms with van der Waals surface area (Å²) in [7, 11) is 0. The van der Waals surface area contributed by atoms with Gasteiger partial charge in [0, 0.05) is 0 Å². The summed E-state index contributed by atoms with van der Waals surface area (Å²) >= 11 is 0. The molecule has 3 rings (SSSR count). The molecule has 0 radical (unpaired) electrons. The van der Waals surface area contributed by atoms with E-state index in [1.165, 1.54) is 11.0 Å². The lowest BCUT2D eigenvalue weighted by Gasteiger charge is -2.40. The Morgan fingerprint density at radius 3 is 2.56 bits per heavy atom. The fourth-order valence-electron chi connectivity index (χ4n) is 2.99. The highest BCUT2D eigenvalue weighted by Crippen LogP contribution is 2.36. The highest BCUT2D eigenvalue weighted by Gasteiger charge is 2.55. The molecule has 1 saturated heterocycles. The van der Waals surface area contributed by atoms with Gasteiger partial charge in [-0.05, 0) is 24.0 Å². The van der Waals surface area contributed by atoms with Crippen molar-refractivity contribution in [3.8, 4) is 5.69 Å². The van der Waals surface area contributed by atoms with Gasteiger partial charge in [-0.1, -0.05) is 39.0 Å². The van der Waals surface area contributed by atoms with Crippen molar-refractivity contribution in [3.05, 3.63) is 42.2 Å². The van der Waals surface area contributed by atoms with Gasteiger partial charge in [0.1, 0.15) is 5.54 Å². The van der Waals surface area contributed by atoms with Gasteiger partial charge in [0.2, 0.25) is 0 Å². The quantitative estimate of drug-likeness (QED) is 0.656. The van der Waals surface area contributed by atoms with Gasteiger partial charge in [0.05, 0.1) is 18.4 Å². The molecule has 0 saturated carbocycles. The molecule has 1 aromatic heterocycles. The van der Waals surface area contributed by atoms with Crippen molar-refractivity contribution in [1.29, 1.82) is 0 Å². The number of imide groups is 1. The number of benzene rings is 1. The van der Waals surface area contributed by atoms with Crippen LogP contribution in [0.15, 0.2) is 36.5 Å². The predicted octanol–water partition coefficient (Wildman–Crippen LogP) is 1.01. The third kappa shape index (κ3) is 3.27. The molecule has 2 aromatic rings. The summed E-state index contributed by atoms with van der Waals surface area (Å²) in [5.41, 5.74) is -0.960. The number of hydrogen-bond acceptors (Lipinski definition) is 5. The first kappa shape index (κ1) is 18.6. The summed E-state index contributed by atoms with van der Waals surface area (Å²) in [5, 5.41) is 15.9. The Bertz CT molecular complexity index is 876. The molecule has 4 amide bonds. The zero-order chi connectivity index (χ0) is 19.7. The number of para-hydroxylation sites is 1. The van der Waals surface area contributed by atoms with Gasteiger partial charge >= 0.3 is 6.03 Å². The van der Waals surface area contributed by atoms with Crippen LogP contribution in [0, 0.1) is 5.41 Å². The SMILES string of the molecule is CCC(C)(C)C1(CNC(=O)c2cnn(-c3ccccc3)n2)NC(=O)NC1=O. The Hall–Kier alpha value is -3.23. The molecule has 0 spiro atoms. The fourth-order valence-corrected chi connectivity index (χ4v) is 2.99. The minimum absolute atomic E-state index is 0.0531. The third-order valence-electron chi connectivity index (χ3n) is 5.21. The maximum absolute atomic E-state index is 12.5. The van der Waals surface area contributed by atoms with Crippen molar-refractivity contribution in [2.24, 2.45) is 5.41 Å². The molecule has 1 aliphatic rings. The van der Waals surface area contributed by atoms with Gasteiger partial charge in [0.25, 0.3) is 11.8 Å². The minimum Gasteiger partial charge on any atom is -0.348 e. The fraction of sp³-hybridized carbons (Fsp3) is 0.389. The van der Waals surface area contributed by atoms with Gasteiger partial charge in [-0.25, -0.2) is 4.79 Å². The Labute approximate surface area is 156 Å². The van der Waals surface area contributed by atoms with E-state index in [0.717, 1.165) is 5.69 Å². The molecule has 2 heterocycles. The van der Waals surface area contributed by atoms with Gasteiger partial charge in [0.15, 0.2) is 5.69 Å². The summed E-state index contributed by atoms with van der Waals surface area (Å²) in [4.78, 5) is 38.1. The van der Waals surface area contributed by atoms with E-state index in [1.807, 2.05) is 51.1 Å². The standard InChI is InChI=1S/C18H22N6O3/c1-4-17(2,3)18(15(26)21-16(27)22-18)11-19-14(25)13-10-20-24(23-13)12-8-6-5-7-9-12/h5-10H,4,11H2,1-3H3,(H,19,25)(H2,21,22,26,27). The first-order valence-corrected chi connectivity index (χ1v) is 8.68. The van der Waals surface area contributed by atoms with Crippen molar-refractivity contribution >= 4 is 17.8 Å². The van der Waals surface area contributed by atoms with Gasteiger partial charge in [-0.2, -0.15) is 9.90 Å². The largest absolute Gasteiger partial charge is 0.348 e. The van der Waals surface area contributed by atoms with Crippen LogP contribution < -0.4 is 16.0 Å². The molecule has 9 heteroatoms. The summed E-state index contributed by atoms with van der Waals surface area (Å²) < 4.78 is 0. The zero-order valence-electron chi connectivity index (χ0n) is 15.4. The van der Waals surface area contributed by atoms with E-state index in [1.54, 1.807) is 0 Å². The van der Waals surface area contributed by atoms with Gasteiger partial charge in [-0.3, -0.25) is 14.9 Å². The van der Waals surface area contributed by atoms with Crippen LogP contribution >= 0.6 is 0 Å². The van der Waals surface area contributed by atoms with Crippen molar-refractivity contribution in [3.63, 3.8) is 0 Å². The summed E-state index contributed by atoms with van der Waals surface area (Å²) in [6.45, 7) is 5.61. The molecule has 1 unspecified atom stereocenters. The topological polar surface area (TPSA) is 118 Å². The molecule has 3 N–H and O–H groups in total. The molecule has 1 fully saturated rings. The second-order valence-corrected chi connectivity index (χ2v) is 7.09. The molecule has 142 valence electrons. The van der Waals surface area contributed by atoms with Crippen LogP contribution in [-0.2, 0) is 4.79 Å². The average Bonchev–Trinajstić information content (AvgIpc) is 3.26. The van der Waals surface area contributed by atoms with Crippen molar-refractivity contribution in [1.82, 2.24) is 30.9 Å². The van der Waals surface area contributed by atoms with E-state index in [9.17, 15) is 14.4 Å². The van der Waals surface area contributed by atoms with Crippen LogP contribution in [0.3, 0.4) is 0 Å². The summed E-state index contributed by atoms with van der Waals surface area (Å²) in [6, 6.07) is 8.63. The molecule has 1 aromatic carbocycles. The molecule has 9 nitrogen and oxygen atoms in total. The molecule has 1 aliphatic heterocycles. The molecular formula is C18H22N6O3. The van der Waals surface area contributed by atoms with E-state index >= 15 is 0 Å². The van der Waals surface area contributed by atoms with Crippen LogP contribution in [0.1, 0.15) is 37.7 Å². The first-order valence-electron chi connectivity index (χ1n) is 8.68. The van der Waals surface area contributed by atoms with Crippen LogP contribution in [-0.4, -0.2) is 44.9 Å². The Morgan fingerprint density at radius 2 is 1.96 bits per heavy atom. The van der Waals surface area contributed by atoms with Crippen LogP contribution in [0.25, 0.3) is 5.69 Å². The van der Waals surface area contributed by atoms with E-state index in [4.69, 9.17) is 0 Å². The highest BCUT2D eigenvalue weighted by atomic mass is 16.2. The summed E-state index contributed by atoms with van der Waals surface area (Å²) in [6.07, 6.45) is 1.98. The lowest BCUT2D eigenvalue weighted by Crippen LogP contribution is -2.63. The maximum atomic E-state index is 12.5. The number of aromatic nitrogens is 3. The number of urea groups is 1. The van der Waals surface area contributed by atoms with Crippen molar-refractivity contribution in [2.75, 3.05) is 6.54 Å². The number of carbonyl (C=O) groups excluding carboxylic acids is 3. The van der Waals surface area contributed by atoms with E-state index < -0.39 is 28.8 Å². The number of hydrogen-bond donors (Lipinski definition) is 3. The van der Waals surface area contributed by atoms with Crippen LogP contribution in [0.5, 0.6) is 0 Å². The van der Waals surface area contributed by atoms with Gasteiger partial charge in [-0.15, -0.1) is 5.10 Å². The molecule has 0 aliphatic carbocycles. The number of nitrogens with zero attached hydrogens (tertiary/aromatic N) is 3. The summed E-state index contributed by atoms with van der Waals surface area (Å²) in [5.74, 6) is -0.926. The lowest BCUT2D eigenvalue weighted by molar-refractivity contribution is -0.128. The Kier molecular flexibility index (Phi) is 4.69. The number of rotatable bonds is 6. The Balaban J connectivity index is 1.77. The minimum atomic E-state index is -1.23. The molecule has 0 bridgehead atoms. The number of nitrogens with one attached hydrogen (secondary N) is 3.